The van der Waals surface area contributed by atoms with Gasteiger partial charge in [0.15, 0.2) is 11.3 Å². The Bertz CT molecular complexity index is 1190. The number of aromatic nitrogens is 1. The summed E-state index contributed by atoms with van der Waals surface area (Å²) in [4.78, 5) is 32.6. The summed E-state index contributed by atoms with van der Waals surface area (Å²) in [6.45, 7) is 0. The van der Waals surface area contributed by atoms with Gasteiger partial charge in [-0.15, -0.1) is 24.8 Å². The third-order valence-corrected chi connectivity index (χ3v) is 6.31. The zero-order valence-electron chi connectivity index (χ0n) is 20.8. The SMILES string of the molecule is CN(C)c1ccc2cc(C(=O)Nc3ccc(Cl)cn3)oc2c1N(C(=O)C1CCCCC1)N(C)C.Cl.Cl. The number of hydrogen-bond acceptors (Lipinski definition) is 6. The Morgan fingerprint density at radius 1 is 1.03 bits per heavy atom. The number of carbonyl (C=O) groups is 2. The van der Waals surface area contributed by atoms with E-state index in [-0.39, 0.29) is 42.4 Å². The Labute approximate surface area is 228 Å². The molecule has 0 saturated heterocycles. The largest absolute Gasteiger partial charge is 0.449 e. The predicted molar refractivity (Wildman–Crippen MR) is 150 cm³/mol. The summed E-state index contributed by atoms with van der Waals surface area (Å²) in [6.07, 6.45) is 6.53. The van der Waals surface area contributed by atoms with Crippen LogP contribution in [0.2, 0.25) is 5.02 Å². The Kier molecular flexibility index (Phi) is 10.4. The molecule has 3 aromatic rings. The zero-order valence-corrected chi connectivity index (χ0v) is 23.2. The van der Waals surface area contributed by atoms with E-state index in [1.54, 1.807) is 28.2 Å². The highest BCUT2D eigenvalue weighted by molar-refractivity contribution is 6.30. The molecule has 2 aromatic heterocycles. The topological polar surface area (TPSA) is 81.9 Å². The van der Waals surface area contributed by atoms with Crippen molar-refractivity contribution >= 4 is 76.4 Å². The standard InChI is InChI=1S/C25H30ClN5O3.2ClH/c1-29(2)19-12-10-17-14-20(24(32)28-21-13-11-18(26)15-27-21)34-23(17)22(19)31(30(3)4)25(33)16-8-6-5-7-9-16;;/h10-16H,5-9H2,1-4H3,(H,27,28,32);2*1H. The van der Waals surface area contributed by atoms with Crippen LogP contribution in [-0.2, 0) is 4.79 Å². The number of hydrazine groups is 1. The molecular formula is C25H32Cl3N5O3. The molecule has 196 valence electrons. The maximum atomic E-state index is 13.7. The average Bonchev–Trinajstić information content (AvgIpc) is 3.26. The van der Waals surface area contributed by atoms with Gasteiger partial charge in [-0.25, -0.2) is 15.0 Å². The summed E-state index contributed by atoms with van der Waals surface area (Å²) in [7, 11) is 7.54. The van der Waals surface area contributed by atoms with Gasteiger partial charge in [-0.05, 0) is 43.2 Å². The van der Waals surface area contributed by atoms with Crippen molar-refractivity contribution in [1.29, 1.82) is 0 Å². The number of fused-ring (bicyclic) bond motifs is 1. The molecule has 0 bridgehead atoms. The quantitative estimate of drug-likeness (QED) is 0.373. The van der Waals surface area contributed by atoms with Gasteiger partial charge in [0, 0.05) is 45.7 Å². The molecule has 1 fully saturated rings. The lowest BCUT2D eigenvalue weighted by atomic mass is 9.88. The van der Waals surface area contributed by atoms with Gasteiger partial charge < -0.3 is 14.6 Å². The van der Waals surface area contributed by atoms with Crippen molar-refractivity contribution in [2.45, 2.75) is 32.1 Å². The lowest BCUT2D eigenvalue weighted by Crippen LogP contribution is -2.46. The lowest BCUT2D eigenvalue weighted by Gasteiger charge is -2.35. The molecule has 1 aromatic carbocycles. The number of rotatable bonds is 6. The molecule has 36 heavy (non-hydrogen) atoms. The zero-order chi connectivity index (χ0) is 24.4. The number of hydrogen-bond donors (Lipinski definition) is 1. The fourth-order valence-corrected chi connectivity index (χ4v) is 4.52. The van der Waals surface area contributed by atoms with Gasteiger partial charge in [-0.1, -0.05) is 30.9 Å². The number of halogens is 3. The van der Waals surface area contributed by atoms with Gasteiger partial charge in [0.1, 0.15) is 11.5 Å². The van der Waals surface area contributed by atoms with Crippen molar-refractivity contribution in [3.8, 4) is 0 Å². The molecule has 0 atom stereocenters. The molecular weight excluding hydrogens is 525 g/mol. The van der Waals surface area contributed by atoms with Gasteiger partial charge in [-0.2, -0.15) is 0 Å². The summed E-state index contributed by atoms with van der Waals surface area (Å²) in [6, 6.07) is 8.79. The Morgan fingerprint density at radius 2 is 1.72 bits per heavy atom. The second-order valence-electron chi connectivity index (χ2n) is 9.00. The van der Waals surface area contributed by atoms with Gasteiger partial charge in [0.25, 0.3) is 5.91 Å². The Balaban J connectivity index is 0.00000228. The van der Waals surface area contributed by atoms with Crippen LogP contribution in [0.15, 0.2) is 40.9 Å². The van der Waals surface area contributed by atoms with Crippen LogP contribution in [0.25, 0.3) is 11.0 Å². The van der Waals surface area contributed by atoms with Crippen molar-refractivity contribution in [3.63, 3.8) is 0 Å². The number of pyridine rings is 1. The van der Waals surface area contributed by atoms with Crippen molar-refractivity contribution in [2.24, 2.45) is 5.92 Å². The number of amides is 2. The van der Waals surface area contributed by atoms with E-state index in [0.29, 0.717) is 22.1 Å². The number of carbonyl (C=O) groups excluding carboxylic acids is 2. The third-order valence-electron chi connectivity index (χ3n) is 6.09. The van der Waals surface area contributed by atoms with Crippen molar-refractivity contribution < 1.29 is 14.0 Å². The minimum absolute atomic E-state index is 0. The van der Waals surface area contributed by atoms with E-state index >= 15 is 0 Å². The summed E-state index contributed by atoms with van der Waals surface area (Å²) in [5, 5.41) is 7.43. The van der Waals surface area contributed by atoms with Gasteiger partial charge in [0.2, 0.25) is 5.91 Å². The number of nitrogens with zero attached hydrogens (tertiary/aromatic N) is 4. The van der Waals surface area contributed by atoms with E-state index in [1.807, 2.05) is 45.2 Å². The summed E-state index contributed by atoms with van der Waals surface area (Å²) in [5.41, 5.74) is 1.94. The molecule has 11 heteroatoms. The van der Waals surface area contributed by atoms with Crippen molar-refractivity contribution in [1.82, 2.24) is 9.99 Å². The first-order chi connectivity index (χ1) is 16.3. The highest BCUT2D eigenvalue weighted by atomic mass is 35.5. The molecule has 8 nitrogen and oxygen atoms in total. The number of nitrogens with one attached hydrogen (secondary N) is 1. The average molecular weight is 557 g/mol. The molecule has 2 amide bonds. The molecule has 0 spiro atoms. The fraction of sp³-hybridized carbons (Fsp3) is 0.400. The summed E-state index contributed by atoms with van der Waals surface area (Å²) < 4.78 is 6.10. The highest BCUT2D eigenvalue weighted by Gasteiger charge is 2.32. The molecule has 0 aliphatic heterocycles. The molecule has 1 saturated carbocycles. The van der Waals surface area contributed by atoms with Gasteiger partial charge in [-0.3, -0.25) is 9.59 Å². The predicted octanol–water partition coefficient (Wildman–Crippen LogP) is 6.03. The Morgan fingerprint density at radius 3 is 2.31 bits per heavy atom. The van der Waals surface area contributed by atoms with Gasteiger partial charge in [0.05, 0.1) is 10.7 Å². The maximum absolute atomic E-state index is 13.7. The van der Waals surface area contributed by atoms with Gasteiger partial charge >= 0.3 is 0 Å². The molecule has 1 aliphatic rings. The minimum atomic E-state index is -0.432. The second kappa shape index (κ2) is 12.6. The first kappa shape index (κ1) is 29.7. The normalized spacial score (nSPS) is 13.6. The van der Waals surface area contributed by atoms with E-state index in [1.165, 1.54) is 12.6 Å². The maximum Gasteiger partial charge on any atom is 0.292 e. The van der Waals surface area contributed by atoms with Crippen LogP contribution >= 0.6 is 36.4 Å². The van der Waals surface area contributed by atoms with Crippen LogP contribution in [-0.4, -0.2) is 50.0 Å². The van der Waals surface area contributed by atoms with E-state index in [2.05, 4.69) is 10.3 Å². The second-order valence-corrected chi connectivity index (χ2v) is 9.44. The van der Waals surface area contributed by atoms with Crippen LogP contribution in [0.5, 0.6) is 0 Å². The van der Waals surface area contributed by atoms with Crippen LogP contribution in [0, 0.1) is 5.92 Å². The summed E-state index contributed by atoms with van der Waals surface area (Å²) >= 11 is 5.88. The summed E-state index contributed by atoms with van der Waals surface area (Å²) in [5.74, 6) is 0.0840. The van der Waals surface area contributed by atoms with Crippen LogP contribution in [0.3, 0.4) is 0 Å². The van der Waals surface area contributed by atoms with E-state index in [4.69, 9.17) is 16.0 Å². The highest BCUT2D eigenvalue weighted by Crippen LogP contribution is 2.40. The third kappa shape index (κ3) is 6.24. The molecule has 4 rings (SSSR count). The molecule has 0 radical (unpaired) electrons. The molecule has 1 aliphatic carbocycles. The smallest absolute Gasteiger partial charge is 0.292 e. The lowest BCUT2D eigenvalue weighted by molar-refractivity contribution is -0.125. The fourth-order valence-electron chi connectivity index (χ4n) is 4.41. The van der Waals surface area contributed by atoms with Crippen molar-refractivity contribution in [2.75, 3.05) is 43.4 Å². The van der Waals surface area contributed by atoms with Crippen LogP contribution in [0.4, 0.5) is 17.2 Å². The van der Waals surface area contributed by atoms with E-state index in [9.17, 15) is 9.59 Å². The van der Waals surface area contributed by atoms with Crippen LogP contribution < -0.4 is 15.2 Å². The van der Waals surface area contributed by atoms with E-state index < -0.39 is 5.91 Å². The number of furan rings is 1. The molecule has 0 unspecified atom stereocenters. The van der Waals surface area contributed by atoms with Crippen molar-refractivity contribution in [3.05, 3.63) is 47.3 Å². The van der Waals surface area contributed by atoms with E-state index in [0.717, 1.165) is 36.8 Å². The minimum Gasteiger partial charge on any atom is -0.449 e. The monoisotopic (exact) mass is 555 g/mol. The number of anilines is 3. The Hall–Kier alpha value is -2.52. The number of benzene rings is 1. The molecule has 2 heterocycles. The first-order valence-corrected chi connectivity index (χ1v) is 11.8. The molecule has 1 N–H and O–H groups in total. The first-order valence-electron chi connectivity index (χ1n) is 11.4. The van der Waals surface area contributed by atoms with Crippen LogP contribution in [0.1, 0.15) is 42.7 Å².